The fourth-order valence-corrected chi connectivity index (χ4v) is 4.48. The van der Waals surface area contributed by atoms with Crippen LogP contribution in [-0.4, -0.2) is 57.4 Å². The van der Waals surface area contributed by atoms with Crippen LogP contribution < -0.4 is 5.32 Å². The van der Waals surface area contributed by atoms with Crippen LogP contribution in [0.15, 0.2) is 18.2 Å². The molecule has 168 valence electrons. The molecular formula is C22H28Cl2N4O3. The third-order valence-electron chi connectivity index (χ3n) is 5.61. The molecule has 0 bridgehead atoms. The molecule has 1 aliphatic heterocycles. The normalized spacial score (nSPS) is 20.8. The van der Waals surface area contributed by atoms with Crippen molar-refractivity contribution in [3.05, 3.63) is 39.6 Å². The van der Waals surface area contributed by atoms with Crippen molar-refractivity contribution in [2.24, 2.45) is 0 Å². The van der Waals surface area contributed by atoms with Crippen LogP contribution in [0.25, 0.3) is 11.3 Å². The van der Waals surface area contributed by atoms with Gasteiger partial charge in [0.1, 0.15) is 5.82 Å². The first-order valence-electron chi connectivity index (χ1n) is 10.5. The number of carboxylic acid groups (broad SMARTS) is 1. The zero-order chi connectivity index (χ0) is 22.7. The molecule has 2 aromatic rings. The van der Waals surface area contributed by atoms with Crippen LogP contribution in [-0.2, 0) is 17.6 Å². The zero-order valence-electron chi connectivity index (χ0n) is 18.2. The highest BCUT2D eigenvalue weighted by molar-refractivity contribution is 6.36. The van der Waals surface area contributed by atoms with E-state index in [0.29, 0.717) is 41.9 Å². The molecule has 9 heteroatoms. The minimum absolute atomic E-state index is 0.231. The Morgan fingerprint density at radius 1 is 1.23 bits per heavy atom. The summed E-state index contributed by atoms with van der Waals surface area (Å²) in [5.41, 5.74) is 3.11. The molecule has 3 atom stereocenters. The van der Waals surface area contributed by atoms with Gasteiger partial charge >= 0.3 is 6.09 Å². The van der Waals surface area contributed by atoms with Crippen molar-refractivity contribution in [2.75, 3.05) is 18.5 Å². The number of hydrogen-bond donors (Lipinski definition) is 2. The molecule has 1 aliphatic rings. The molecule has 3 rings (SSSR count). The monoisotopic (exact) mass is 466 g/mol. The lowest BCUT2D eigenvalue weighted by atomic mass is 10.1. The van der Waals surface area contributed by atoms with Gasteiger partial charge in [-0.05, 0) is 44.9 Å². The van der Waals surface area contributed by atoms with Gasteiger partial charge in [-0.1, -0.05) is 37.0 Å². The Hall–Kier alpha value is -2.09. The number of carbonyl (C=O) groups is 1. The number of aryl methyl sites for hydroxylation is 2. The van der Waals surface area contributed by atoms with Gasteiger partial charge in [0.25, 0.3) is 0 Å². The van der Waals surface area contributed by atoms with Gasteiger partial charge in [-0.3, -0.25) is 0 Å². The molecule has 1 aromatic heterocycles. The first-order valence-corrected chi connectivity index (χ1v) is 11.3. The third kappa shape index (κ3) is 4.89. The van der Waals surface area contributed by atoms with Crippen LogP contribution >= 0.6 is 23.2 Å². The Morgan fingerprint density at radius 3 is 2.52 bits per heavy atom. The third-order valence-corrected chi connectivity index (χ3v) is 6.16. The van der Waals surface area contributed by atoms with E-state index >= 15 is 0 Å². The zero-order valence-corrected chi connectivity index (χ0v) is 19.7. The summed E-state index contributed by atoms with van der Waals surface area (Å²) in [6.07, 6.45) is 0.0973. The van der Waals surface area contributed by atoms with Gasteiger partial charge in [-0.25, -0.2) is 14.8 Å². The minimum atomic E-state index is -0.953. The summed E-state index contributed by atoms with van der Waals surface area (Å²) in [5.74, 6) is 0.655. The smallest absolute Gasteiger partial charge is 0.407 e. The van der Waals surface area contributed by atoms with Crippen molar-refractivity contribution in [2.45, 2.75) is 58.7 Å². The summed E-state index contributed by atoms with van der Waals surface area (Å²) < 4.78 is 5.84. The van der Waals surface area contributed by atoms with E-state index in [-0.39, 0.29) is 18.2 Å². The number of ether oxygens (including phenoxy) is 1. The molecule has 1 amide bonds. The van der Waals surface area contributed by atoms with Gasteiger partial charge < -0.3 is 20.1 Å². The van der Waals surface area contributed by atoms with E-state index in [0.717, 1.165) is 22.6 Å². The Balaban J connectivity index is 2.00. The van der Waals surface area contributed by atoms with Crippen molar-refractivity contribution in [3.63, 3.8) is 0 Å². The number of likely N-dealkylation sites (tertiary alicyclic amines) is 1. The maximum Gasteiger partial charge on any atom is 0.407 e. The number of anilines is 1. The van der Waals surface area contributed by atoms with Crippen LogP contribution in [0.1, 0.15) is 39.1 Å². The minimum Gasteiger partial charge on any atom is -0.465 e. The van der Waals surface area contributed by atoms with Gasteiger partial charge in [-0.2, -0.15) is 0 Å². The van der Waals surface area contributed by atoms with Gasteiger partial charge in [0.2, 0.25) is 0 Å². The van der Waals surface area contributed by atoms with Crippen LogP contribution in [0.3, 0.4) is 0 Å². The summed E-state index contributed by atoms with van der Waals surface area (Å²) in [4.78, 5) is 22.8. The molecule has 0 saturated carbocycles. The van der Waals surface area contributed by atoms with Crippen molar-refractivity contribution >= 4 is 35.1 Å². The Morgan fingerprint density at radius 2 is 1.94 bits per heavy atom. The van der Waals surface area contributed by atoms with E-state index in [2.05, 4.69) is 5.32 Å². The number of nitrogens with one attached hydrogen (secondary N) is 1. The molecule has 31 heavy (non-hydrogen) atoms. The number of amides is 1. The van der Waals surface area contributed by atoms with Crippen LogP contribution in [0.2, 0.25) is 10.0 Å². The lowest BCUT2D eigenvalue weighted by molar-refractivity contribution is 0.0627. The number of halogens is 2. The molecular weight excluding hydrogens is 439 g/mol. The molecule has 0 spiro atoms. The average Bonchev–Trinajstić information content (AvgIpc) is 3.04. The molecule has 1 fully saturated rings. The molecule has 1 saturated heterocycles. The quantitative estimate of drug-likeness (QED) is 0.586. The van der Waals surface area contributed by atoms with Gasteiger partial charge in [0.05, 0.1) is 46.8 Å². The molecule has 2 N–H and O–H groups in total. The van der Waals surface area contributed by atoms with E-state index in [1.54, 1.807) is 12.1 Å². The van der Waals surface area contributed by atoms with Gasteiger partial charge in [-0.15, -0.1) is 0 Å². The second-order valence-electron chi connectivity index (χ2n) is 7.48. The van der Waals surface area contributed by atoms with Crippen molar-refractivity contribution < 1.29 is 14.6 Å². The topological polar surface area (TPSA) is 87.6 Å². The number of aromatic nitrogens is 2. The summed E-state index contributed by atoms with van der Waals surface area (Å²) in [6.45, 7) is 8.63. The summed E-state index contributed by atoms with van der Waals surface area (Å²) >= 11 is 12.5. The predicted molar refractivity (Wildman–Crippen MR) is 123 cm³/mol. The molecule has 2 heterocycles. The van der Waals surface area contributed by atoms with Crippen molar-refractivity contribution in [3.8, 4) is 11.3 Å². The number of rotatable bonds is 7. The molecule has 0 radical (unpaired) electrons. The summed E-state index contributed by atoms with van der Waals surface area (Å²) in [7, 11) is 0. The Kier molecular flexibility index (Phi) is 7.62. The van der Waals surface area contributed by atoms with Crippen LogP contribution in [0.5, 0.6) is 0 Å². The maximum atomic E-state index is 11.6. The van der Waals surface area contributed by atoms with E-state index in [9.17, 15) is 9.90 Å². The first-order chi connectivity index (χ1) is 14.8. The summed E-state index contributed by atoms with van der Waals surface area (Å²) in [6, 6.07) is 4.84. The highest BCUT2D eigenvalue weighted by Crippen LogP contribution is 2.33. The summed E-state index contributed by atoms with van der Waals surface area (Å²) in [5, 5.41) is 14.1. The van der Waals surface area contributed by atoms with Gasteiger partial charge in [0, 0.05) is 17.2 Å². The molecule has 1 aromatic carbocycles. The number of nitrogens with zero attached hydrogens (tertiary/aromatic N) is 3. The van der Waals surface area contributed by atoms with E-state index < -0.39 is 6.09 Å². The maximum absolute atomic E-state index is 11.6. The largest absolute Gasteiger partial charge is 0.465 e. The lowest BCUT2D eigenvalue weighted by Gasteiger charge is -2.26. The molecule has 0 aliphatic carbocycles. The standard InChI is InChI=1S/C22H28Cl2N4O3/c1-5-16-20(14-9-8-13(23)10-15(14)24)25-17(6-2)21(26-16)27-19-12(4)28(22(29)30)11-18(19)31-7-3/h8-10,12,18-19H,5-7,11H2,1-4H3,(H,26,27)(H,29,30). The Labute approximate surface area is 192 Å². The average molecular weight is 467 g/mol. The van der Waals surface area contributed by atoms with E-state index in [1.807, 2.05) is 33.8 Å². The fraction of sp³-hybridized carbons (Fsp3) is 0.500. The molecule has 7 nitrogen and oxygen atoms in total. The predicted octanol–water partition coefficient (Wildman–Crippen LogP) is 5.14. The molecule has 3 unspecified atom stereocenters. The second-order valence-corrected chi connectivity index (χ2v) is 8.33. The SMILES string of the molecule is CCOC1CN(C(=O)O)C(C)C1Nc1nc(CC)c(-c2ccc(Cl)cc2Cl)nc1CC. The van der Waals surface area contributed by atoms with Gasteiger partial charge in [0.15, 0.2) is 0 Å². The number of hydrogen-bond acceptors (Lipinski definition) is 5. The number of benzene rings is 1. The highest BCUT2D eigenvalue weighted by atomic mass is 35.5. The van der Waals surface area contributed by atoms with Crippen LogP contribution in [0, 0.1) is 0 Å². The van der Waals surface area contributed by atoms with E-state index in [1.165, 1.54) is 4.90 Å². The second kappa shape index (κ2) is 10.0. The van der Waals surface area contributed by atoms with Crippen molar-refractivity contribution in [1.82, 2.24) is 14.9 Å². The fourth-order valence-electron chi connectivity index (χ4n) is 3.98. The lowest BCUT2D eigenvalue weighted by Crippen LogP contribution is -2.41. The van der Waals surface area contributed by atoms with E-state index in [4.69, 9.17) is 37.9 Å². The first kappa shape index (κ1) is 23.6. The van der Waals surface area contributed by atoms with Crippen LogP contribution in [0.4, 0.5) is 10.6 Å². The Bertz CT molecular complexity index is 957. The van der Waals surface area contributed by atoms with Crippen molar-refractivity contribution in [1.29, 1.82) is 0 Å². The highest BCUT2D eigenvalue weighted by Gasteiger charge is 2.42.